The molecule has 98 valence electrons. The molecule has 1 N–H and O–H groups in total. The fourth-order valence-corrected chi connectivity index (χ4v) is 2.46. The minimum atomic E-state index is -0.274. The molecule has 19 heavy (non-hydrogen) atoms. The van der Waals surface area contributed by atoms with Gasteiger partial charge in [0.15, 0.2) is 0 Å². The highest BCUT2D eigenvalue weighted by Gasteiger charge is 2.12. The van der Waals surface area contributed by atoms with Crippen molar-refractivity contribution in [2.24, 2.45) is 0 Å². The second kappa shape index (κ2) is 6.16. The average molecular weight is 386 g/mol. The van der Waals surface area contributed by atoms with Crippen molar-refractivity contribution < 1.29 is 9.53 Å². The van der Waals surface area contributed by atoms with E-state index >= 15 is 0 Å². The lowest BCUT2D eigenvalue weighted by Gasteiger charge is -2.08. The molecule has 0 radical (unpaired) electrons. The number of nitrogens with one attached hydrogen (secondary N) is 1. The summed E-state index contributed by atoms with van der Waals surface area (Å²) in [7, 11) is 1.59. The number of carbonyl (C=O) groups excluding carboxylic acids is 1. The molecule has 6 heteroatoms. The van der Waals surface area contributed by atoms with Crippen molar-refractivity contribution in [3.63, 3.8) is 0 Å². The van der Waals surface area contributed by atoms with Gasteiger partial charge in [-0.25, -0.2) is 4.98 Å². The maximum atomic E-state index is 12.1. The zero-order valence-corrected chi connectivity index (χ0v) is 13.2. The fourth-order valence-electron chi connectivity index (χ4n) is 1.49. The first-order valence-corrected chi connectivity index (χ1v) is 6.96. The predicted octanol–water partition coefficient (Wildman–Crippen LogP) is 3.87. The highest BCUT2D eigenvalue weighted by molar-refractivity contribution is 9.10. The van der Waals surface area contributed by atoms with Gasteiger partial charge in [0.05, 0.1) is 11.6 Å². The summed E-state index contributed by atoms with van der Waals surface area (Å²) in [6, 6.07) is 8.83. The van der Waals surface area contributed by atoms with Gasteiger partial charge in [0, 0.05) is 16.4 Å². The van der Waals surface area contributed by atoms with E-state index in [1.54, 1.807) is 43.6 Å². The van der Waals surface area contributed by atoms with E-state index in [2.05, 4.69) is 42.2 Å². The van der Waals surface area contributed by atoms with E-state index < -0.39 is 0 Å². The molecule has 2 rings (SSSR count). The number of aromatic nitrogens is 1. The molecule has 0 aliphatic carbocycles. The number of nitrogens with zero attached hydrogens (tertiary/aromatic N) is 1. The molecule has 1 amide bonds. The molecule has 0 aliphatic heterocycles. The number of halogens is 2. The monoisotopic (exact) mass is 384 g/mol. The second-order valence-electron chi connectivity index (χ2n) is 3.64. The Hall–Kier alpha value is -1.40. The molecule has 0 aliphatic rings. The molecule has 0 saturated carbocycles. The number of hydrogen-bond donors (Lipinski definition) is 1. The predicted molar refractivity (Wildman–Crippen MR) is 80.6 cm³/mol. The van der Waals surface area contributed by atoms with E-state index in [0.29, 0.717) is 21.6 Å². The summed E-state index contributed by atoms with van der Waals surface area (Å²) in [4.78, 5) is 16.1. The smallest absolute Gasteiger partial charge is 0.275 e. The van der Waals surface area contributed by atoms with Crippen molar-refractivity contribution in [3.05, 3.63) is 51.2 Å². The molecule has 1 heterocycles. The van der Waals surface area contributed by atoms with Crippen molar-refractivity contribution in [1.82, 2.24) is 4.98 Å². The summed E-state index contributed by atoms with van der Waals surface area (Å²) in [5.41, 5.74) is 1.00. The highest BCUT2D eigenvalue weighted by atomic mass is 79.9. The van der Waals surface area contributed by atoms with E-state index in [1.807, 2.05) is 0 Å². The molecule has 1 aromatic carbocycles. The first-order chi connectivity index (χ1) is 9.11. The van der Waals surface area contributed by atoms with Gasteiger partial charge >= 0.3 is 0 Å². The largest absolute Gasteiger partial charge is 0.496 e. The molecule has 4 nitrogen and oxygen atoms in total. The van der Waals surface area contributed by atoms with Gasteiger partial charge in [-0.1, -0.05) is 0 Å². The Morgan fingerprint density at radius 2 is 2.05 bits per heavy atom. The summed E-state index contributed by atoms with van der Waals surface area (Å²) < 4.78 is 6.55. The van der Waals surface area contributed by atoms with Gasteiger partial charge in [-0.2, -0.15) is 0 Å². The fraction of sp³-hybridized carbons (Fsp3) is 0.0769. The zero-order chi connectivity index (χ0) is 13.8. The summed E-state index contributed by atoms with van der Waals surface area (Å²) in [5.74, 6) is 0.432. The Kier molecular flexibility index (Phi) is 4.55. The van der Waals surface area contributed by atoms with Crippen LogP contribution in [0.25, 0.3) is 0 Å². The van der Waals surface area contributed by atoms with Crippen LogP contribution < -0.4 is 10.1 Å². The summed E-state index contributed by atoms with van der Waals surface area (Å²) >= 11 is 6.66. The number of benzene rings is 1. The number of carbonyl (C=O) groups is 1. The third-order valence-electron chi connectivity index (χ3n) is 2.38. The third-order valence-corrected chi connectivity index (χ3v) is 3.64. The molecule has 0 atom stereocenters. The van der Waals surface area contributed by atoms with Gasteiger partial charge < -0.3 is 10.1 Å². The molecular formula is C13H10Br2N2O2. The quantitative estimate of drug-likeness (QED) is 0.872. The number of ether oxygens (including phenoxy) is 1. The SMILES string of the molecule is COc1ccc(NC(=O)c2ncccc2Br)cc1Br. The van der Waals surface area contributed by atoms with Gasteiger partial charge in [0.1, 0.15) is 11.4 Å². The first-order valence-electron chi connectivity index (χ1n) is 5.37. The molecule has 0 saturated heterocycles. The molecule has 0 fully saturated rings. The maximum absolute atomic E-state index is 12.1. The van der Waals surface area contributed by atoms with Crippen LogP contribution >= 0.6 is 31.9 Å². The Morgan fingerprint density at radius 3 is 2.68 bits per heavy atom. The van der Waals surface area contributed by atoms with E-state index in [-0.39, 0.29) is 5.91 Å². The number of pyridine rings is 1. The first kappa shape index (κ1) is 14.0. The van der Waals surface area contributed by atoms with E-state index in [4.69, 9.17) is 4.74 Å². The standard InChI is InChI=1S/C13H10Br2N2O2/c1-19-11-5-4-8(7-10(11)15)17-13(18)12-9(14)3-2-6-16-12/h2-7H,1H3,(H,17,18). The van der Waals surface area contributed by atoms with Gasteiger partial charge in [-0.15, -0.1) is 0 Å². The lowest BCUT2D eigenvalue weighted by molar-refractivity contribution is 0.102. The van der Waals surface area contributed by atoms with Crippen molar-refractivity contribution >= 4 is 43.5 Å². The van der Waals surface area contributed by atoms with Crippen LogP contribution in [0.5, 0.6) is 5.75 Å². The van der Waals surface area contributed by atoms with Crippen LogP contribution in [-0.2, 0) is 0 Å². The van der Waals surface area contributed by atoms with E-state index in [0.717, 1.165) is 4.47 Å². The van der Waals surface area contributed by atoms with E-state index in [9.17, 15) is 4.79 Å². The van der Waals surface area contributed by atoms with Crippen LogP contribution in [0.1, 0.15) is 10.5 Å². The molecule has 2 aromatic rings. The number of methoxy groups -OCH3 is 1. The van der Waals surface area contributed by atoms with Crippen LogP contribution in [0, 0.1) is 0 Å². The number of hydrogen-bond acceptors (Lipinski definition) is 3. The second-order valence-corrected chi connectivity index (χ2v) is 5.35. The van der Waals surface area contributed by atoms with Gasteiger partial charge in [0.2, 0.25) is 0 Å². The number of amides is 1. The Bertz CT molecular complexity index is 617. The minimum Gasteiger partial charge on any atom is -0.496 e. The van der Waals surface area contributed by atoms with Crippen molar-refractivity contribution in [1.29, 1.82) is 0 Å². The maximum Gasteiger partial charge on any atom is 0.275 e. The van der Waals surface area contributed by atoms with E-state index in [1.165, 1.54) is 0 Å². The molecule has 0 unspecified atom stereocenters. The Balaban J connectivity index is 2.20. The topological polar surface area (TPSA) is 51.2 Å². The Labute approximate surface area is 127 Å². The van der Waals surface area contributed by atoms with Crippen molar-refractivity contribution in [3.8, 4) is 5.75 Å². The molecule has 1 aromatic heterocycles. The third kappa shape index (κ3) is 3.33. The van der Waals surface area contributed by atoms with Gasteiger partial charge in [-0.3, -0.25) is 4.79 Å². The number of rotatable bonds is 3. The van der Waals surface area contributed by atoms with Crippen LogP contribution in [-0.4, -0.2) is 18.0 Å². The van der Waals surface area contributed by atoms with Crippen LogP contribution in [0.15, 0.2) is 45.5 Å². The van der Waals surface area contributed by atoms with Gasteiger partial charge in [0.25, 0.3) is 5.91 Å². The van der Waals surface area contributed by atoms with Crippen LogP contribution in [0.4, 0.5) is 5.69 Å². The number of anilines is 1. The molecule has 0 spiro atoms. The summed E-state index contributed by atoms with van der Waals surface area (Å²) in [5, 5.41) is 2.77. The van der Waals surface area contributed by atoms with Crippen molar-refractivity contribution in [2.45, 2.75) is 0 Å². The summed E-state index contributed by atoms with van der Waals surface area (Å²) in [6.45, 7) is 0. The normalized spacial score (nSPS) is 10.1. The molecular weight excluding hydrogens is 376 g/mol. The average Bonchev–Trinajstić information content (AvgIpc) is 2.39. The van der Waals surface area contributed by atoms with Crippen LogP contribution in [0.2, 0.25) is 0 Å². The lowest BCUT2D eigenvalue weighted by atomic mass is 10.3. The van der Waals surface area contributed by atoms with Gasteiger partial charge in [-0.05, 0) is 62.2 Å². The molecule has 0 bridgehead atoms. The van der Waals surface area contributed by atoms with Crippen molar-refractivity contribution in [2.75, 3.05) is 12.4 Å². The lowest BCUT2D eigenvalue weighted by Crippen LogP contribution is -2.14. The highest BCUT2D eigenvalue weighted by Crippen LogP contribution is 2.28. The van der Waals surface area contributed by atoms with Crippen LogP contribution in [0.3, 0.4) is 0 Å². The Morgan fingerprint density at radius 1 is 1.26 bits per heavy atom. The zero-order valence-electron chi connectivity index (χ0n) is 9.98. The summed E-state index contributed by atoms with van der Waals surface area (Å²) in [6.07, 6.45) is 1.57. The minimum absolute atomic E-state index is 0.274.